The number of carbonyl (C=O) groups is 2. The predicted molar refractivity (Wildman–Crippen MR) is 142 cm³/mol. The first-order valence-electron chi connectivity index (χ1n) is 11.8. The summed E-state index contributed by atoms with van der Waals surface area (Å²) < 4.78 is 20.5. The van der Waals surface area contributed by atoms with E-state index in [1.807, 2.05) is 12.1 Å². The molecular formula is C28H23Cl2FN2O4. The number of Topliss-reactive ketones (excluding diaryl/α,β-unsaturated/α-hetero) is 1. The molecule has 0 saturated carbocycles. The van der Waals surface area contributed by atoms with Gasteiger partial charge in [0.25, 0.3) is 11.7 Å². The quantitative estimate of drug-likeness (QED) is 0.231. The highest BCUT2D eigenvalue weighted by atomic mass is 35.5. The number of nitrogens with zero attached hydrogens (tertiary/aromatic N) is 2. The molecule has 0 radical (unpaired) electrons. The number of amides is 1. The van der Waals surface area contributed by atoms with Crippen LogP contribution >= 0.6 is 23.2 Å². The van der Waals surface area contributed by atoms with E-state index in [0.29, 0.717) is 5.69 Å². The Kier molecular flexibility index (Phi) is 6.84. The Hall–Kier alpha value is -3.55. The van der Waals surface area contributed by atoms with Gasteiger partial charge in [0.15, 0.2) is 0 Å². The molecule has 0 aromatic heterocycles. The molecule has 2 aliphatic heterocycles. The average molecular weight is 541 g/mol. The van der Waals surface area contributed by atoms with E-state index in [1.165, 1.54) is 42.3 Å². The second-order valence-corrected chi connectivity index (χ2v) is 9.71. The van der Waals surface area contributed by atoms with Gasteiger partial charge >= 0.3 is 0 Å². The zero-order valence-electron chi connectivity index (χ0n) is 19.9. The summed E-state index contributed by atoms with van der Waals surface area (Å²) in [5.74, 6) is -2.99. The summed E-state index contributed by atoms with van der Waals surface area (Å²) in [6.45, 7) is 1.90. The number of halogens is 3. The minimum absolute atomic E-state index is 0.0173. The number of ether oxygens (including phenoxy) is 1. The van der Waals surface area contributed by atoms with Gasteiger partial charge in [0.05, 0.1) is 29.3 Å². The molecule has 0 bridgehead atoms. The zero-order valence-corrected chi connectivity index (χ0v) is 21.4. The molecule has 2 heterocycles. The summed E-state index contributed by atoms with van der Waals surface area (Å²) in [6, 6.07) is 14.6. The summed E-state index contributed by atoms with van der Waals surface area (Å²) in [5, 5.41) is 11.7. The van der Waals surface area contributed by atoms with Crippen molar-refractivity contribution in [3.05, 3.63) is 93.2 Å². The van der Waals surface area contributed by atoms with Crippen molar-refractivity contribution < 1.29 is 23.8 Å². The monoisotopic (exact) mass is 540 g/mol. The van der Waals surface area contributed by atoms with Crippen LogP contribution < -0.4 is 14.5 Å². The van der Waals surface area contributed by atoms with Crippen molar-refractivity contribution in [1.82, 2.24) is 0 Å². The van der Waals surface area contributed by atoms with Gasteiger partial charge in [-0.05, 0) is 55.3 Å². The van der Waals surface area contributed by atoms with Crippen LogP contribution in [0.4, 0.5) is 15.8 Å². The largest absolute Gasteiger partial charge is 0.507 e. The van der Waals surface area contributed by atoms with Crippen LogP contribution in [0.3, 0.4) is 0 Å². The molecule has 0 spiro atoms. The highest BCUT2D eigenvalue weighted by Gasteiger charge is 2.48. The van der Waals surface area contributed by atoms with Crippen LogP contribution in [0.2, 0.25) is 10.0 Å². The van der Waals surface area contributed by atoms with Gasteiger partial charge in [-0.15, -0.1) is 0 Å². The van der Waals surface area contributed by atoms with E-state index in [1.54, 1.807) is 18.2 Å². The van der Waals surface area contributed by atoms with E-state index in [0.717, 1.165) is 31.6 Å². The number of aliphatic hydroxyl groups excluding tert-OH is 1. The summed E-state index contributed by atoms with van der Waals surface area (Å²) >= 11 is 12.4. The summed E-state index contributed by atoms with van der Waals surface area (Å²) in [4.78, 5) is 30.2. The third-order valence-corrected chi connectivity index (χ3v) is 7.21. The van der Waals surface area contributed by atoms with Crippen LogP contribution in [0, 0.1) is 5.82 Å². The number of benzene rings is 3. The van der Waals surface area contributed by atoms with Gasteiger partial charge in [-0.1, -0.05) is 41.4 Å². The molecular weight excluding hydrogens is 518 g/mol. The third-order valence-electron chi connectivity index (χ3n) is 6.71. The van der Waals surface area contributed by atoms with Crippen LogP contribution in [-0.4, -0.2) is 37.0 Å². The molecule has 3 aromatic carbocycles. The second kappa shape index (κ2) is 10.1. The fraction of sp³-hybridized carbons (Fsp3) is 0.214. The summed E-state index contributed by atoms with van der Waals surface area (Å²) in [7, 11) is 1.35. The predicted octanol–water partition coefficient (Wildman–Crippen LogP) is 6.37. The number of hydrogen-bond donors (Lipinski definition) is 1. The molecule has 1 N–H and O–H groups in total. The lowest BCUT2D eigenvalue weighted by Crippen LogP contribution is -2.30. The average Bonchev–Trinajstić information content (AvgIpc) is 3.51. The van der Waals surface area contributed by atoms with E-state index >= 15 is 4.39 Å². The van der Waals surface area contributed by atoms with Crippen molar-refractivity contribution in [3.63, 3.8) is 0 Å². The maximum Gasteiger partial charge on any atom is 0.300 e. The maximum absolute atomic E-state index is 15.1. The topological polar surface area (TPSA) is 70.1 Å². The van der Waals surface area contributed by atoms with Crippen molar-refractivity contribution in [3.8, 4) is 5.75 Å². The van der Waals surface area contributed by atoms with Crippen molar-refractivity contribution in [2.75, 3.05) is 30.0 Å². The van der Waals surface area contributed by atoms with Gasteiger partial charge in [-0.2, -0.15) is 0 Å². The molecule has 1 amide bonds. The van der Waals surface area contributed by atoms with Crippen molar-refractivity contribution >= 4 is 52.0 Å². The molecule has 9 heteroatoms. The maximum atomic E-state index is 15.1. The fourth-order valence-corrected chi connectivity index (χ4v) is 5.55. The van der Waals surface area contributed by atoms with E-state index in [2.05, 4.69) is 4.90 Å². The number of methoxy groups -OCH3 is 1. The molecule has 2 aliphatic rings. The molecule has 6 nitrogen and oxygen atoms in total. The molecule has 3 aromatic rings. The molecule has 2 saturated heterocycles. The van der Waals surface area contributed by atoms with Gasteiger partial charge in [-0.25, -0.2) is 4.39 Å². The second-order valence-electron chi connectivity index (χ2n) is 8.87. The van der Waals surface area contributed by atoms with Crippen LogP contribution in [0.25, 0.3) is 5.76 Å². The standard InChI is InChI=1S/C28H23Cl2FN2O4/c1-37-27-20(14-16(29)15-21(27)30)25(34)23-24(19-6-2-3-7-22(19)31)33(28(36)26(23)35)18-10-8-17(9-11-18)32-12-4-5-13-32/h2-3,6-11,14-15,24,34H,4-5,12-13H2,1H3/b25-23+. The Morgan fingerprint density at radius 2 is 1.65 bits per heavy atom. The SMILES string of the molecule is COc1c(Cl)cc(Cl)cc1/C(O)=C1\C(=O)C(=O)N(c2ccc(N3CCCC3)cc2)C1c1ccccc1F. The van der Waals surface area contributed by atoms with Crippen LogP contribution in [0.15, 0.2) is 66.2 Å². The third kappa shape index (κ3) is 4.43. The number of anilines is 2. The molecule has 0 aliphatic carbocycles. The lowest BCUT2D eigenvalue weighted by atomic mass is 9.94. The van der Waals surface area contributed by atoms with Crippen molar-refractivity contribution in [2.24, 2.45) is 0 Å². The highest BCUT2D eigenvalue weighted by molar-refractivity contribution is 6.52. The smallest absolute Gasteiger partial charge is 0.300 e. The van der Waals surface area contributed by atoms with Gasteiger partial charge in [0.1, 0.15) is 17.3 Å². The van der Waals surface area contributed by atoms with Gasteiger partial charge in [-0.3, -0.25) is 14.5 Å². The molecule has 190 valence electrons. The minimum atomic E-state index is -1.23. The minimum Gasteiger partial charge on any atom is -0.507 e. The van der Waals surface area contributed by atoms with E-state index in [9.17, 15) is 14.7 Å². The van der Waals surface area contributed by atoms with Crippen LogP contribution in [0.1, 0.15) is 30.0 Å². The Balaban J connectivity index is 1.69. The fourth-order valence-electron chi connectivity index (χ4n) is 4.98. The lowest BCUT2D eigenvalue weighted by Gasteiger charge is -2.26. The van der Waals surface area contributed by atoms with Gasteiger partial charge in [0, 0.05) is 35.1 Å². The summed E-state index contributed by atoms with van der Waals surface area (Å²) in [6.07, 6.45) is 2.22. The molecule has 37 heavy (non-hydrogen) atoms. The van der Waals surface area contributed by atoms with Crippen LogP contribution in [0.5, 0.6) is 5.75 Å². The van der Waals surface area contributed by atoms with E-state index < -0.39 is 29.3 Å². The van der Waals surface area contributed by atoms with E-state index in [-0.39, 0.29) is 32.5 Å². The number of ketones is 1. The Morgan fingerprint density at radius 1 is 1.00 bits per heavy atom. The Labute approximate surface area is 223 Å². The first-order valence-corrected chi connectivity index (χ1v) is 12.5. The molecule has 2 fully saturated rings. The lowest BCUT2D eigenvalue weighted by molar-refractivity contribution is -0.132. The summed E-state index contributed by atoms with van der Waals surface area (Å²) in [5.41, 5.74) is 1.17. The van der Waals surface area contributed by atoms with E-state index in [4.69, 9.17) is 27.9 Å². The first kappa shape index (κ1) is 25.1. The molecule has 1 atom stereocenters. The highest BCUT2D eigenvalue weighted by Crippen LogP contribution is 2.45. The number of rotatable bonds is 5. The zero-order chi connectivity index (χ0) is 26.3. The number of hydrogen-bond acceptors (Lipinski definition) is 5. The van der Waals surface area contributed by atoms with Crippen molar-refractivity contribution in [1.29, 1.82) is 0 Å². The Morgan fingerprint density at radius 3 is 2.30 bits per heavy atom. The normalized spacial score (nSPS) is 19.1. The number of carbonyl (C=O) groups excluding carboxylic acids is 2. The number of aliphatic hydroxyl groups is 1. The molecule has 5 rings (SSSR count). The van der Waals surface area contributed by atoms with Crippen LogP contribution in [-0.2, 0) is 9.59 Å². The molecule has 1 unspecified atom stereocenters. The van der Waals surface area contributed by atoms with Gasteiger partial charge < -0.3 is 14.7 Å². The van der Waals surface area contributed by atoms with Crippen molar-refractivity contribution in [2.45, 2.75) is 18.9 Å². The van der Waals surface area contributed by atoms with Gasteiger partial charge in [0.2, 0.25) is 0 Å². The first-order chi connectivity index (χ1) is 17.8. The Bertz CT molecular complexity index is 1420.